The Morgan fingerprint density at radius 1 is 0.600 bits per heavy atom. The molecule has 0 aromatic heterocycles. The average molecular weight is 690 g/mol. The Balaban J connectivity index is 2.31. The van der Waals surface area contributed by atoms with Crippen molar-refractivity contribution in [1.29, 1.82) is 0 Å². The minimum Gasteiger partial charge on any atom is -0.490 e. The molecule has 0 saturated heterocycles. The van der Waals surface area contributed by atoms with Gasteiger partial charge in [-0.05, 0) is 91.2 Å². The topological polar surface area (TPSA) is 56.8 Å². The van der Waals surface area contributed by atoms with Crippen molar-refractivity contribution in [2.24, 2.45) is 35.5 Å². The van der Waals surface area contributed by atoms with E-state index in [1.54, 1.807) is 0 Å². The van der Waals surface area contributed by atoms with E-state index in [-0.39, 0.29) is 5.91 Å². The van der Waals surface area contributed by atoms with Crippen molar-refractivity contribution in [2.45, 2.75) is 139 Å². The number of anilines is 1. The van der Waals surface area contributed by atoms with Crippen LogP contribution in [0.5, 0.6) is 17.2 Å². The second kappa shape index (κ2) is 24.1. The largest absolute Gasteiger partial charge is 0.490 e. The lowest BCUT2D eigenvalue weighted by Crippen LogP contribution is -2.15. The lowest BCUT2D eigenvalue weighted by atomic mass is 9.97. The molecular formula is C45H71NO4. The highest BCUT2D eigenvalue weighted by Crippen LogP contribution is 2.40. The summed E-state index contributed by atoms with van der Waals surface area (Å²) >= 11 is 0. The lowest BCUT2D eigenvalue weighted by Gasteiger charge is -2.21. The van der Waals surface area contributed by atoms with Gasteiger partial charge in [0.1, 0.15) is 0 Å². The van der Waals surface area contributed by atoms with Gasteiger partial charge in [0.25, 0.3) is 5.91 Å². The molecule has 2 aromatic rings. The van der Waals surface area contributed by atoms with Crippen LogP contribution in [0.15, 0.2) is 36.4 Å². The summed E-state index contributed by atoms with van der Waals surface area (Å²) in [5.74, 6) is 7.98. The summed E-state index contributed by atoms with van der Waals surface area (Å²) in [6.07, 6.45) is 19.4. The van der Waals surface area contributed by atoms with Crippen molar-refractivity contribution in [1.82, 2.24) is 0 Å². The highest BCUT2D eigenvalue weighted by Gasteiger charge is 2.21. The van der Waals surface area contributed by atoms with E-state index in [1.807, 2.05) is 36.4 Å². The number of hydrogen-bond acceptors (Lipinski definition) is 4. The Morgan fingerprint density at radius 3 is 1.38 bits per heavy atom. The molecule has 0 saturated carbocycles. The first-order chi connectivity index (χ1) is 23.9. The van der Waals surface area contributed by atoms with Crippen LogP contribution >= 0.6 is 0 Å². The van der Waals surface area contributed by atoms with Crippen LogP contribution in [0.4, 0.5) is 5.69 Å². The molecule has 280 valence electrons. The molecule has 2 aromatic carbocycles. The summed E-state index contributed by atoms with van der Waals surface area (Å²) in [6, 6.07) is 10.9. The highest BCUT2D eigenvalue weighted by atomic mass is 16.5. The standard InChI is InChI=1S/C45H71NO4/c1-11-39-21-23-41(24-22-39)46-45(47)40-31-42(48-28-25-36(8)18-12-15-33(2)3)44(50-30-27-38(10)20-14-17-35(6)7)43(32-40)49-29-26-37(9)19-13-16-34(4)5/h1,21-24,31-38H,12-20,25-30H2,2-10H3,(H,46,47)/t36-,37-,38-/m0/s1. The molecule has 0 aliphatic heterocycles. The van der Waals surface area contributed by atoms with E-state index in [2.05, 4.69) is 73.6 Å². The first kappa shape index (κ1) is 43.0. The minimum absolute atomic E-state index is 0.234. The van der Waals surface area contributed by atoms with Gasteiger partial charge in [-0.3, -0.25) is 4.79 Å². The summed E-state index contributed by atoms with van der Waals surface area (Å²) in [5.41, 5.74) is 1.92. The van der Waals surface area contributed by atoms with Crippen molar-refractivity contribution in [3.05, 3.63) is 47.5 Å². The van der Waals surface area contributed by atoms with E-state index in [0.29, 0.717) is 66.1 Å². The Bertz CT molecular complexity index is 1210. The maximum Gasteiger partial charge on any atom is 0.255 e. The number of hydrogen-bond donors (Lipinski definition) is 1. The molecule has 0 aliphatic rings. The van der Waals surface area contributed by atoms with Gasteiger partial charge < -0.3 is 19.5 Å². The Hall–Kier alpha value is -3.13. The number of carbonyl (C=O) groups excluding carboxylic acids is 1. The van der Waals surface area contributed by atoms with E-state index >= 15 is 0 Å². The third kappa shape index (κ3) is 18.2. The van der Waals surface area contributed by atoms with Crippen molar-refractivity contribution >= 4 is 11.6 Å². The molecule has 0 aliphatic carbocycles. The van der Waals surface area contributed by atoms with Gasteiger partial charge in [-0.1, -0.05) is 126 Å². The van der Waals surface area contributed by atoms with E-state index < -0.39 is 0 Å². The zero-order valence-electron chi connectivity index (χ0n) is 33.2. The van der Waals surface area contributed by atoms with Crippen LogP contribution in [-0.2, 0) is 0 Å². The molecule has 2 rings (SSSR count). The molecular weight excluding hydrogens is 618 g/mol. The zero-order chi connectivity index (χ0) is 36.9. The van der Waals surface area contributed by atoms with Gasteiger partial charge in [0.2, 0.25) is 5.75 Å². The van der Waals surface area contributed by atoms with E-state index in [4.69, 9.17) is 20.6 Å². The monoisotopic (exact) mass is 690 g/mol. The molecule has 0 heterocycles. The Labute approximate surface area is 307 Å². The quantitative estimate of drug-likeness (QED) is 0.0999. The van der Waals surface area contributed by atoms with Crippen molar-refractivity contribution in [3.8, 4) is 29.6 Å². The van der Waals surface area contributed by atoms with Crippen LogP contribution in [0, 0.1) is 47.9 Å². The lowest BCUT2D eigenvalue weighted by molar-refractivity contribution is 0.102. The third-order valence-electron chi connectivity index (χ3n) is 9.62. The molecule has 50 heavy (non-hydrogen) atoms. The van der Waals surface area contributed by atoms with Gasteiger partial charge in [0.05, 0.1) is 19.8 Å². The first-order valence-corrected chi connectivity index (χ1v) is 19.8. The number of benzene rings is 2. The fourth-order valence-electron chi connectivity index (χ4n) is 6.08. The molecule has 0 unspecified atom stereocenters. The summed E-state index contributed by atoms with van der Waals surface area (Å²) in [6.45, 7) is 22.3. The number of rotatable bonds is 26. The number of amides is 1. The van der Waals surface area contributed by atoms with Crippen molar-refractivity contribution in [2.75, 3.05) is 25.1 Å². The van der Waals surface area contributed by atoms with Gasteiger partial charge in [-0.25, -0.2) is 0 Å². The fraction of sp³-hybridized carbons (Fsp3) is 0.667. The second-order valence-corrected chi connectivity index (χ2v) is 16.2. The summed E-state index contributed by atoms with van der Waals surface area (Å²) in [5, 5.41) is 3.02. The molecule has 0 fully saturated rings. The van der Waals surface area contributed by atoms with Crippen LogP contribution < -0.4 is 19.5 Å². The van der Waals surface area contributed by atoms with Crippen LogP contribution in [0.25, 0.3) is 0 Å². The summed E-state index contributed by atoms with van der Waals surface area (Å²) < 4.78 is 19.5. The van der Waals surface area contributed by atoms with Crippen molar-refractivity contribution in [3.63, 3.8) is 0 Å². The molecule has 0 bridgehead atoms. The maximum atomic E-state index is 13.6. The minimum atomic E-state index is -0.234. The summed E-state index contributed by atoms with van der Waals surface area (Å²) in [7, 11) is 0. The fourth-order valence-corrected chi connectivity index (χ4v) is 6.08. The number of ether oxygens (including phenoxy) is 3. The Kier molecular flexibility index (Phi) is 20.8. The first-order valence-electron chi connectivity index (χ1n) is 19.8. The van der Waals surface area contributed by atoms with Crippen LogP contribution in [0.1, 0.15) is 155 Å². The molecule has 0 spiro atoms. The van der Waals surface area contributed by atoms with Gasteiger partial charge in [0, 0.05) is 16.8 Å². The predicted molar refractivity (Wildman–Crippen MR) is 213 cm³/mol. The van der Waals surface area contributed by atoms with E-state index in [1.165, 1.54) is 57.8 Å². The SMILES string of the molecule is C#Cc1ccc(NC(=O)c2cc(OCC[C@@H](C)CCCC(C)C)c(OCC[C@@H](C)CCCC(C)C)c(OCC[C@@H](C)CCCC(C)C)c2)cc1. The smallest absolute Gasteiger partial charge is 0.255 e. The zero-order valence-corrected chi connectivity index (χ0v) is 33.2. The third-order valence-corrected chi connectivity index (χ3v) is 9.62. The molecule has 0 radical (unpaired) electrons. The van der Waals surface area contributed by atoms with Gasteiger partial charge in [-0.15, -0.1) is 6.42 Å². The molecule has 1 amide bonds. The summed E-state index contributed by atoms with van der Waals surface area (Å²) in [4.78, 5) is 13.6. The Morgan fingerprint density at radius 2 is 1.00 bits per heavy atom. The maximum absolute atomic E-state index is 13.6. The van der Waals surface area contributed by atoms with Crippen LogP contribution in [-0.4, -0.2) is 25.7 Å². The second-order valence-electron chi connectivity index (χ2n) is 16.2. The van der Waals surface area contributed by atoms with Crippen LogP contribution in [0.2, 0.25) is 0 Å². The van der Waals surface area contributed by atoms with E-state index in [0.717, 1.165) is 42.6 Å². The van der Waals surface area contributed by atoms with Gasteiger partial charge in [0.15, 0.2) is 11.5 Å². The normalized spacial score (nSPS) is 13.3. The highest BCUT2D eigenvalue weighted by molar-refractivity contribution is 6.05. The molecule has 5 nitrogen and oxygen atoms in total. The predicted octanol–water partition coefficient (Wildman–Crippen LogP) is 12.6. The molecule has 1 N–H and O–H groups in total. The molecule has 5 heteroatoms. The number of terminal acetylenes is 1. The van der Waals surface area contributed by atoms with Crippen LogP contribution in [0.3, 0.4) is 0 Å². The molecule has 3 atom stereocenters. The van der Waals surface area contributed by atoms with Crippen molar-refractivity contribution < 1.29 is 19.0 Å². The van der Waals surface area contributed by atoms with E-state index in [9.17, 15) is 4.79 Å². The average Bonchev–Trinajstić information content (AvgIpc) is 3.05. The number of carbonyl (C=O) groups is 1. The van der Waals surface area contributed by atoms with Gasteiger partial charge in [-0.2, -0.15) is 0 Å². The number of nitrogens with one attached hydrogen (secondary N) is 1. The van der Waals surface area contributed by atoms with Gasteiger partial charge >= 0.3 is 0 Å².